The fourth-order valence-electron chi connectivity index (χ4n) is 3.51. The van der Waals surface area contributed by atoms with Crippen LogP contribution in [0.25, 0.3) is 0 Å². The molecular weight excluding hydrogens is 294 g/mol. The summed E-state index contributed by atoms with van der Waals surface area (Å²) in [7, 11) is 0. The van der Waals surface area contributed by atoms with E-state index in [9.17, 15) is 4.79 Å². The van der Waals surface area contributed by atoms with Crippen molar-refractivity contribution in [3.8, 4) is 0 Å². The van der Waals surface area contributed by atoms with Crippen LogP contribution in [0.15, 0.2) is 18.3 Å². The van der Waals surface area contributed by atoms with Crippen molar-refractivity contribution >= 4 is 11.7 Å². The van der Waals surface area contributed by atoms with Gasteiger partial charge in [0.2, 0.25) is 0 Å². The molecule has 2 aromatic rings. The molecule has 0 aromatic carbocycles. The van der Waals surface area contributed by atoms with Gasteiger partial charge in [-0.2, -0.15) is 0 Å². The number of aromatic carboxylic acids is 1. The molecule has 1 N–H and O–H groups in total. The van der Waals surface area contributed by atoms with Gasteiger partial charge in [0.25, 0.3) is 0 Å². The van der Waals surface area contributed by atoms with Crippen LogP contribution in [0.5, 0.6) is 0 Å². The van der Waals surface area contributed by atoms with Gasteiger partial charge in [-0.25, -0.2) is 14.5 Å². The first-order valence-corrected chi connectivity index (χ1v) is 7.99. The van der Waals surface area contributed by atoms with Gasteiger partial charge < -0.3 is 10.0 Å². The molecule has 0 amide bonds. The Morgan fingerprint density at radius 1 is 1.39 bits per heavy atom. The molecule has 1 aliphatic heterocycles. The van der Waals surface area contributed by atoms with Crippen LogP contribution in [-0.2, 0) is 13.0 Å². The zero-order valence-electron chi connectivity index (χ0n) is 13.0. The molecular formula is C16H19N5O2. The molecule has 7 heteroatoms. The number of carboxylic acids is 1. The summed E-state index contributed by atoms with van der Waals surface area (Å²) in [6.45, 7) is 3.79. The van der Waals surface area contributed by atoms with Crippen LogP contribution >= 0.6 is 0 Å². The number of anilines is 1. The third-order valence-corrected chi connectivity index (χ3v) is 4.85. The van der Waals surface area contributed by atoms with E-state index in [1.165, 1.54) is 5.69 Å². The van der Waals surface area contributed by atoms with E-state index < -0.39 is 5.97 Å². The molecule has 1 aliphatic carbocycles. The quantitative estimate of drug-likeness (QED) is 0.932. The van der Waals surface area contributed by atoms with Gasteiger partial charge in [0.15, 0.2) is 0 Å². The maximum atomic E-state index is 11.1. The van der Waals surface area contributed by atoms with Crippen LogP contribution in [-0.4, -0.2) is 37.6 Å². The highest BCUT2D eigenvalue weighted by atomic mass is 16.4. The normalized spacial score (nSPS) is 23.3. The molecule has 2 aromatic heterocycles. The van der Waals surface area contributed by atoms with E-state index in [-0.39, 0.29) is 5.69 Å². The third kappa shape index (κ3) is 2.46. The molecule has 2 aliphatic rings. The number of nitrogens with zero attached hydrogens (tertiary/aromatic N) is 5. The van der Waals surface area contributed by atoms with E-state index in [0.717, 1.165) is 49.7 Å². The second kappa shape index (κ2) is 5.33. The summed E-state index contributed by atoms with van der Waals surface area (Å²) in [6, 6.07) is 3.96. The maximum Gasteiger partial charge on any atom is 0.354 e. The number of hydrogen-bond acceptors (Lipinski definition) is 5. The summed E-state index contributed by atoms with van der Waals surface area (Å²) in [5, 5.41) is 17.8. The number of fused-ring (bicyclic) bond motifs is 1. The third-order valence-electron chi connectivity index (χ3n) is 4.85. The smallest absolute Gasteiger partial charge is 0.354 e. The van der Waals surface area contributed by atoms with Gasteiger partial charge >= 0.3 is 5.97 Å². The summed E-state index contributed by atoms with van der Waals surface area (Å²) in [4.78, 5) is 17.2. The van der Waals surface area contributed by atoms with Gasteiger partial charge in [-0.15, -0.1) is 5.10 Å². The van der Waals surface area contributed by atoms with Gasteiger partial charge in [0.05, 0.1) is 24.0 Å². The second-order valence-corrected chi connectivity index (χ2v) is 6.53. The summed E-state index contributed by atoms with van der Waals surface area (Å²) >= 11 is 0. The van der Waals surface area contributed by atoms with Crippen molar-refractivity contribution in [2.24, 2.45) is 5.92 Å². The van der Waals surface area contributed by atoms with Crippen LogP contribution in [0.1, 0.15) is 47.7 Å². The van der Waals surface area contributed by atoms with E-state index in [1.54, 1.807) is 12.3 Å². The number of carbonyl (C=O) groups is 1. The Morgan fingerprint density at radius 2 is 2.22 bits per heavy atom. The number of hydrogen-bond donors (Lipinski definition) is 1. The summed E-state index contributed by atoms with van der Waals surface area (Å²) < 4.78 is 2.08. The van der Waals surface area contributed by atoms with Crippen molar-refractivity contribution in [1.82, 2.24) is 20.0 Å². The lowest BCUT2D eigenvalue weighted by atomic mass is 9.82. The first-order valence-electron chi connectivity index (χ1n) is 7.99. The van der Waals surface area contributed by atoms with Gasteiger partial charge in [0, 0.05) is 24.8 Å². The van der Waals surface area contributed by atoms with E-state index in [2.05, 4.69) is 31.8 Å². The van der Waals surface area contributed by atoms with Crippen LogP contribution in [0.2, 0.25) is 0 Å². The van der Waals surface area contributed by atoms with E-state index in [4.69, 9.17) is 5.11 Å². The summed E-state index contributed by atoms with van der Waals surface area (Å²) in [5.74, 6) is -0.238. The molecule has 0 atom stereocenters. The molecule has 1 fully saturated rings. The Bertz CT molecular complexity index is 751. The molecule has 0 saturated heterocycles. The van der Waals surface area contributed by atoms with Gasteiger partial charge in [-0.1, -0.05) is 12.1 Å². The van der Waals surface area contributed by atoms with Crippen molar-refractivity contribution in [2.75, 3.05) is 11.4 Å². The lowest BCUT2D eigenvalue weighted by molar-refractivity contribution is 0.0690. The van der Waals surface area contributed by atoms with Gasteiger partial charge in [0.1, 0.15) is 5.69 Å². The minimum atomic E-state index is -1.00. The molecule has 4 rings (SSSR count). The number of aromatic nitrogens is 4. The molecule has 1 saturated carbocycles. The van der Waals surface area contributed by atoms with Crippen molar-refractivity contribution in [1.29, 1.82) is 0 Å². The highest BCUT2D eigenvalue weighted by Crippen LogP contribution is 2.38. The van der Waals surface area contributed by atoms with E-state index >= 15 is 0 Å². The predicted octanol–water partition coefficient (Wildman–Crippen LogP) is 1.91. The van der Waals surface area contributed by atoms with Crippen LogP contribution in [0.3, 0.4) is 0 Å². The summed E-state index contributed by atoms with van der Waals surface area (Å²) in [5.41, 5.74) is 3.21. The largest absolute Gasteiger partial charge is 0.477 e. The van der Waals surface area contributed by atoms with Crippen LogP contribution < -0.4 is 4.90 Å². The first-order chi connectivity index (χ1) is 11.1. The Hall–Kier alpha value is -2.44. The molecule has 120 valence electrons. The molecule has 0 unspecified atom stereocenters. The fraction of sp³-hybridized carbons (Fsp3) is 0.500. The molecule has 3 heterocycles. The molecule has 0 bridgehead atoms. The average Bonchev–Trinajstić information content (AvgIpc) is 2.94. The van der Waals surface area contributed by atoms with Crippen molar-refractivity contribution < 1.29 is 9.90 Å². The predicted molar refractivity (Wildman–Crippen MR) is 83.4 cm³/mol. The monoisotopic (exact) mass is 313 g/mol. The van der Waals surface area contributed by atoms with Crippen molar-refractivity contribution in [3.05, 3.63) is 35.4 Å². The standard InChI is InChI=1S/C16H19N5O2/c1-10-6-12(7-10)21-15-9-20(5-3-13(15)18-19-21)11-2-4-17-14(8-11)16(22)23/h2,4,8,10,12H,3,5-7,9H2,1H3,(H,22,23). The molecule has 23 heavy (non-hydrogen) atoms. The molecule has 0 radical (unpaired) electrons. The Kier molecular flexibility index (Phi) is 3.28. The first kappa shape index (κ1) is 14.2. The topological polar surface area (TPSA) is 84.1 Å². The average molecular weight is 313 g/mol. The van der Waals surface area contributed by atoms with Gasteiger partial charge in [-0.3, -0.25) is 0 Å². The number of pyridine rings is 1. The Balaban J connectivity index is 1.60. The highest BCUT2D eigenvalue weighted by molar-refractivity contribution is 5.86. The zero-order chi connectivity index (χ0) is 16.0. The molecule has 0 spiro atoms. The maximum absolute atomic E-state index is 11.1. The lowest BCUT2D eigenvalue weighted by Gasteiger charge is -2.35. The SMILES string of the molecule is CC1CC(n2nnc3c2CN(c2ccnc(C(=O)O)c2)CC3)C1. The summed E-state index contributed by atoms with van der Waals surface area (Å²) in [6.07, 6.45) is 4.71. The molecule has 7 nitrogen and oxygen atoms in total. The van der Waals surface area contributed by atoms with Gasteiger partial charge in [-0.05, 0) is 30.9 Å². The zero-order valence-corrected chi connectivity index (χ0v) is 13.0. The van der Waals surface area contributed by atoms with Crippen molar-refractivity contribution in [3.63, 3.8) is 0 Å². The van der Waals surface area contributed by atoms with Crippen LogP contribution in [0, 0.1) is 5.92 Å². The Labute approximate surface area is 133 Å². The van der Waals surface area contributed by atoms with E-state index in [0.29, 0.717) is 6.04 Å². The lowest BCUT2D eigenvalue weighted by Crippen LogP contribution is -2.34. The minimum absolute atomic E-state index is 0.0766. The van der Waals surface area contributed by atoms with E-state index in [1.807, 2.05) is 6.07 Å². The van der Waals surface area contributed by atoms with Crippen molar-refractivity contribution in [2.45, 2.75) is 38.8 Å². The number of rotatable bonds is 3. The highest BCUT2D eigenvalue weighted by Gasteiger charge is 2.32. The minimum Gasteiger partial charge on any atom is -0.477 e. The second-order valence-electron chi connectivity index (χ2n) is 6.53. The fourth-order valence-corrected chi connectivity index (χ4v) is 3.51. The van der Waals surface area contributed by atoms with Crippen LogP contribution in [0.4, 0.5) is 5.69 Å². The Morgan fingerprint density at radius 3 is 2.96 bits per heavy atom. The number of carboxylic acid groups (broad SMARTS) is 1.